The number of nitrogens with zero attached hydrogens (tertiary/aromatic N) is 4. The molecule has 3 heterocycles. The van der Waals surface area contributed by atoms with E-state index in [1.807, 2.05) is 0 Å². The number of fused-ring (bicyclic) bond motifs is 1. The molecule has 0 aliphatic carbocycles. The third-order valence-electron chi connectivity index (χ3n) is 4.44. The molecule has 0 radical (unpaired) electrons. The minimum absolute atomic E-state index is 0.233. The Hall–Kier alpha value is -3.10. The Kier molecular flexibility index (Phi) is 4.21. The van der Waals surface area contributed by atoms with Gasteiger partial charge < -0.3 is 14.2 Å². The van der Waals surface area contributed by atoms with Crippen molar-refractivity contribution in [1.29, 1.82) is 0 Å². The molecule has 1 aromatic carbocycles. The number of hydrogen-bond donors (Lipinski definition) is 0. The minimum atomic E-state index is -4.63. The Balaban J connectivity index is 1.61. The summed E-state index contributed by atoms with van der Waals surface area (Å²) in [7, 11) is 0. The normalized spacial score (nSPS) is 15.4. The van der Waals surface area contributed by atoms with E-state index in [1.54, 1.807) is 40.1 Å². The minimum Gasteiger partial charge on any atom is -0.459 e. The number of carbonyl (C=O) groups excluding carboxylic acids is 1. The third-order valence-corrected chi connectivity index (χ3v) is 4.44. The number of furan rings is 1. The van der Waals surface area contributed by atoms with Crippen molar-refractivity contribution in [3.05, 3.63) is 54.2 Å². The second-order valence-corrected chi connectivity index (χ2v) is 6.14. The summed E-state index contributed by atoms with van der Waals surface area (Å²) < 4.78 is 44.7. The number of hydrogen-bond acceptors (Lipinski definition) is 5. The van der Waals surface area contributed by atoms with Gasteiger partial charge in [0, 0.05) is 31.6 Å². The molecule has 6 nitrogen and oxygen atoms in total. The van der Waals surface area contributed by atoms with Crippen molar-refractivity contribution in [3.8, 4) is 0 Å². The number of piperazine rings is 1. The van der Waals surface area contributed by atoms with E-state index < -0.39 is 12.0 Å². The quantitative estimate of drug-likeness (QED) is 0.687. The third kappa shape index (κ3) is 3.32. The molecule has 9 heteroatoms. The average Bonchev–Trinajstić information content (AvgIpc) is 3.21. The van der Waals surface area contributed by atoms with Crippen LogP contribution in [-0.2, 0) is 6.18 Å². The summed E-state index contributed by atoms with van der Waals surface area (Å²) in [6.07, 6.45) is -3.20. The molecular formula is C18H15F3N4O2. The number of rotatable bonds is 2. The van der Waals surface area contributed by atoms with E-state index in [0.717, 1.165) is 0 Å². The zero-order valence-electron chi connectivity index (χ0n) is 14.1. The van der Waals surface area contributed by atoms with Gasteiger partial charge in [-0.3, -0.25) is 4.79 Å². The first-order chi connectivity index (χ1) is 12.9. The topological polar surface area (TPSA) is 62.5 Å². The van der Waals surface area contributed by atoms with Crippen molar-refractivity contribution in [3.63, 3.8) is 0 Å². The first kappa shape index (κ1) is 17.3. The predicted molar refractivity (Wildman–Crippen MR) is 91.4 cm³/mol. The fraction of sp³-hybridized carbons (Fsp3) is 0.278. The molecule has 0 spiro atoms. The molecule has 1 saturated heterocycles. The van der Waals surface area contributed by atoms with Gasteiger partial charge in [-0.2, -0.15) is 13.2 Å². The molecule has 1 aliphatic heterocycles. The summed E-state index contributed by atoms with van der Waals surface area (Å²) in [4.78, 5) is 23.1. The van der Waals surface area contributed by atoms with Crippen LogP contribution in [-0.4, -0.2) is 47.0 Å². The predicted octanol–water partition coefficient (Wildman–Crippen LogP) is 3.20. The molecule has 1 aliphatic rings. The first-order valence-electron chi connectivity index (χ1n) is 8.35. The van der Waals surface area contributed by atoms with Gasteiger partial charge in [0.25, 0.3) is 5.91 Å². The van der Waals surface area contributed by atoms with Crippen LogP contribution in [0.15, 0.2) is 47.1 Å². The summed E-state index contributed by atoms with van der Waals surface area (Å²) in [6, 6.07) is 9.83. The lowest BCUT2D eigenvalue weighted by atomic mass is 10.2. The SMILES string of the molecule is O=C(c1ccco1)N1CCN(c2nc(C(F)(F)F)nc3ccccc23)CC1. The van der Waals surface area contributed by atoms with Crippen LogP contribution >= 0.6 is 0 Å². The highest BCUT2D eigenvalue weighted by Gasteiger charge is 2.36. The molecule has 27 heavy (non-hydrogen) atoms. The van der Waals surface area contributed by atoms with Gasteiger partial charge in [0.15, 0.2) is 5.76 Å². The molecule has 0 saturated carbocycles. The standard InChI is InChI=1S/C18H15F3N4O2/c19-18(20,21)17-22-13-5-2-1-4-12(13)15(23-17)24-7-9-25(10-8-24)16(26)14-6-3-11-27-14/h1-6,11H,7-10H2. The Labute approximate surface area is 152 Å². The number of carbonyl (C=O) groups is 1. The van der Waals surface area contributed by atoms with Crippen molar-refractivity contribution in [2.45, 2.75) is 6.18 Å². The van der Waals surface area contributed by atoms with Crippen LogP contribution in [0.1, 0.15) is 16.4 Å². The zero-order chi connectivity index (χ0) is 19.0. The molecule has 0 bridgehead atoms. The van der Waals surface area contributed by atoms with E-state index in [1.165, 1.54) is 12.3 Å². The van der Waals surface area contributed by atoms with Gasteiger partial charge in [0.1, 0.15) is 5.82 Å². The maximum atomic E-state index is 13.2. The van der Waals surface area contributed by atoms with Gasteiger partial charge in [-0.1, -0.05) is 12.1 Å². The molecule has 0 N–H and O–H groups in total. The molecule has 1 fully saturated rings. The zero-order valence-corrected chi connectivity index (χ0v) is 14.1. The van der Waals surface area contributed by atoms with Gasteiger partial charge in [-0.15, -0.1) is 0 Å². The maximum Gasteiger partial charge on any atom is 0.451 e. The molecule has 1 amide bonds. The lowest BCUT2D eigenvalue weighted by Gasteiger charge is -2.35. The van der Waals surface area contributed by atoms with E-state index in [0.29, 0.717) is 31.6 Å². The van der Waals surface area contributed by atoms with Gasteiger partial charge in [0.2, 0.25) is 5.82 Å². The number of halogens is 3. The van der Waals surface area contributed by atoms with Crippen molar-refractivity contribution >= 4 is 22.6 Å². The maximum absolute atomic E-state index is 13.2. The van der Waals surface area contributed by atoms with Crippen molar-refractivity contribution in [2.75, 3.05) is 31.1 Å². The van der Waals surface area contributed by atoms with Crippen LogP contribution in [0.5, 0.6) is 0 Å². The van der Waals surface area contributed by atoms with Crippen LogP contribution in [0.25, 0.3) is 10.9 Å². The summed E-state index contributed by atoms with van der Waals surface area (Å²) in [5.41, 5.74) is 0.240. The largest absolute Gasteiger partial charge is 0.459 e. The molecule has 140 valence electrons. The number of para-hydroxylation sites is 1. The van der Waals surface area contributed by atoms with Crippen LogP contribution in [0.4, 0.5) is 19.0 Å². The highest BCUT2D eigenvalue weighted by molar-refractivity contribution is 5.92. The second-order valence-electron chi connectivity index (χ2n) is 6.14. The highest BCUT2D eigenvalue weighted by atomic mass is 19.4. The van der Waals surface area contributed by atoms with Crippen LogP contribution < -0.4 is 4.90 Å². The Morgan fingerprint density at radius 1 is 1.00 bits per heavy atom. The van der Waals surface area contributed by atoms with E-state index in [2.05, 4.69) is 9.97 Å². The Morgan fingerprint density at radius 3 is 2.41 bits per heavy atom. The van der Waals surface area contributed by atoms with E-state index in [-0.39, 0.29) is 23.0 Å². The van der Waals surface area contributed by atoms with E-state index >= 15 is 0 Å². The number of amides is 1. The number of anilines is 1. The number of aromatic nitrogens is 2. The summed E-state index contributed by atoms with van der Waals surface area (Å²) in [5, 5.41) is 0.552. The second kappa shape index (κ2) is 6.57. The van der Waals surface area contributed by atoms with E-state index in [9.17, 15) is 18.0 Å². The Morgan fingerprint density at radius 2 is 1.74 bits per heavy atom. The highest BCUT2D eigenvalue weighted by Crippen LogP contribution is 2.32. The molecule has 4 rings (SSSR count). The molecule has 0 atom stereocenters. The summed E-state index contributed by atoms with van der Waals surface area (Å²) >= 11 is 0. The number of alkyl halides is 3. The molecule has 2 aromatic heterocycles. The molecular weight excluding hydrogens is 361 g/mol. The van der Waals surface area contributed by atoms with Gasteiger partial charge in [-0.25, -0.2) is 9.97 Å². The fourth-order valence-electron chi connectivity index (χ4n) is 3.11. The smallest absolute Gasteiger partial charge is 0.451 e. The van der Waals surface area contributed by atoms with Gasteiger partial charge >= 0.3 is 6.18 Å². The monoisotopic (exact) mass is 376 g/mol. The molecule has 3 aromatic rings. The molecule has 0 unspecified atom stereocenters. The fourth-order valence-corrected chi connectivity index (χ4v) is 3.11. The van der Waals surface area contributed by atoms with Gasteiger partial charge in [-0.05, 0) is 24.3 Å². The first-order valence-corrected chi connectivity index (χ1v) is 8.35. The van der Waals surface area contributed by atoms with Crippen LogP contribution in [0, 0.1) is 0 Å². The van der Waals surface area contributed by atoms with Crippen LogP contribution in [0.3, 0.4) is 0 Å². The number of benzene rings is 1. The summed E-state index contributed by atoms with van der Waals surface area (Å²) in [5.74, 6) is -0.915. The van der Waals surface area contributed by atoms with Gasteiger partial charge in [0.05, 0.1) is 11.8 Å². The van der Waals surface area contributed by atoms with E-state index in [4.69, 9.17) is 4.42 Å². The summed E-state index contributed by atoms with van der Waals surface area (Å²) in [6.45, 7) is 1.45. The van der Waals surface area contributed by atoms with Crippen molar-refractivity contribution in [2.24, 2.45) is 0 Å². The van der Waals surface area contributed by atoms with Crippen molar-refractivity contribution in [1.82, 2.24) is 14.9 Å². The van der Waals surface area contributed by atoms with Crippen molar-refractivity contribution < 1.29 is 22.4 Å². The average molecular weight is 376 g/mol. The Bertz CT molecular complexity index is 964. The van der Waals surface area contributed by atoms with Crippen LogP contribution in [0.2, 0.25) is 0 Å². The lowest BCUT2D eigenvalue weighted by molar-refractivity contribution is -0.144. The lowest BCUT2D eigenvalue weighted by Crippen LogP contribution is -2.49.